The van der Waals surface area contributed by atoms with Gasteiger partial charge in [0.25, 0.3) is 0 Å². The van der Waals surface area contributed by atoms with Crippen LogP contribution in [0.25, 0.3) is 0 Å². The third-order valence-electron chi connectivity index (χ3n) is 2.28. The Labute approximate surface area is 113 Å². The van der Waals surface area contributed by atoms with E-state index < -0.39 is 0 Å². The fourth-order valence-electron chi connectivity index (χ4n) is 1.49. The van der Waals surface area contributed by atoms with Crippen molar-refractivity contribution in [1.82, 2.24) is 5.32 Å². The van der Waals surface area contributed by atoms with Crippen LogP contribution in [0.15, 0.2) is 23.1 Å². The van der Waals surface area contributed by atoms with Gasteiger partial charge in [-0.15, -0.1) is 11.8 Å². The monoisotopic (exact) mass is 273 g/mol. The quantitative estimate of drug-likeness (QED) is 0.749. The van der Waals surface area contributed by atoms with Crippen LogP contribution in [-0.2, 0) is 6.54 Å². The number of halogens is 1. The summed E-state index contributed by atoms with van der Waals surface area (Å²) in [5.74, 6) is 1.34. The van der Waals surface area contributed by atoms with Gasteiger partial charge in [-0.05, 0) is 30.2 Å². The molecule has 0 atom stereocenters. The van der Waals surface area contributed by atoms with Crippen LogP contribution in [0.2, 0.25) is 5.02 Å². The molecular formula is C13H20ClNOS. The Bertz CT molecular complexity index is 344. The van der Waals surface area contributed by atoms with Crippen LogP contribution in [0.3, 0.4) is 0 Å². The summed E-state index contributed by atoms with van der Waals surface area (Å²) < 4.78 is 0. The Morgan fingerprint density at radius 3 is 2.82 bits per heavy atom. The lowest BCUT2D eigenvalue weighted by Gasteiger charge is -2.13. The van der Waals surface area contributed by atoms with Crippen molar-refractivity contribution in [3.63, 3.8) is 0 Å². The molecule has 0 radical (unpaired) electrons. The van der Waals surface area contributed by atoms with Crippen LogP contribution in [0, 0.1) is 5.92 Å². The summed E-state index contributed by atoms with van der Waals surface area (Å²) in [5.41, 5.74) is 1.13. The molecule has 0 aliphatic heterocycles. The van der Waals surface area contributed by atoms with E-state index in [2.05, 4.69) is 25.2 Å². The highest BCUT2D eigenvalue weighted by atomic mass is 35.5. The van der Waals surface area contributed by atoms with Crippen LogP contribution < -0.4 is 5.32 Å². The van der Waals surface area contributed by atoms with E-state index in [1.807, 2.05) is 12.1 Å². The Balaban J connectivity index is 2.66. The molecule has 0 aromatic heterocycles. The lowest BCUT2D eigenvalue weighted by Crippen LogP contribution is -2.19. The molecule has 1 aromatic carbocycles. The molecule has 0 amide bonds. The first kappa shape index (κ1) is 14.8. The van der Waals surface area contributed by atoms with E-state index in [-0.39, 0.29) is 6.61 Å². The highest BCUT2D eigenvalue weighted by molar-refractivity contribution is 7.99. The fraction of sp³-hybridized carbons (Fsp3) is 0.538. The fourth-order valence-corrected chi connectivity index (χ4v) is 2.63. The van der Waals surface area contributed by atoms with E-state index in [9.17, 15) is 0 Å². The maximum absolute atomic E-state index is 8.87. The third kappa shape index (κ3) is 5.30. The highest BCUT2D eigenvalue weighted by Gasteiger charge is 2.07. The Morgan fingerprint density at radius 2 is 2.18 bits per heavy atom. The SMILES string of the molecule is CC(C)CNCc1c(Cl)cccc1SCCO. The first-order valence-corrected chi connectivity index (χ1v) is 7.23. The van der Waals surface area contributed by atoms with Gasteiger partial charge in [-0.1, -0.05) is 31.5 Å². The molecule has 0 unspecified atom stereocenters. The number of rotatable bonds is 7. The Hall–Kier alpha value is -0.220. The summed E-state index contributed by atoms with van der Waals surface area (Å²) in [6, 6.07) is 5.92. The molecule has 1 aromatic rings. The number of hydrogen-bond donors (Lipinski definition) is 2. The Morgan fingerprint density at radius 1 is 1.41 bits per heavy atom. The van der Waals surface area contributed by atoms with Crippen molar-refractivity contribution in [2.45, 2.75) is 25.3 Å². The minimum absolute atomic E-state index is 0.191. The average Bonchev–Trinajstić information content (AvgIpc) is 2.29. The van der Waals surface area contributed by atoms with Gasteiger partial charge in [-0.3, -0.25) is 0 Å². The van der Waals surface area contributed by atoms with Gasteiger partial charge in [0.05, 0.1) is 6.61 Å². The maximum atomic E-state index is 8.87. The molecule has 0 saturated heterocycles. The van der Waals surface area contributed by atoms with Crippen molar-refractivity contribution in [2.24, 2.45) is 5.92 Å². The van der Waals surface area contributed by atoms with Gasteiger partial charge in [-0.25, -0.2) is 0 Å². The van der Waals surface area contributed by atoms with Crippen molar-refractivity contribution in [3.8, 4) is 0 Å². The topological polar surface area (TPSA) is 32.3 Å². The van der Waals surface area contributed by atoms with E-state index in [4.69, 9.17) is 16.7 Å². The number of aliphatic hydroxyl groups excluding tert-OH is 1. The lowest BCUT2D eigenvalue weighted by atomic mass is 10.2. The predicted octanol–water partition coefficient (Wildman–Crippen LogP) is 3.17. The molecule has 0 bridgehead atoms. The molecule has 0 aliphatic rings. The zero-order valence-corrected chi connectivity index (χ0v) is 11.9. The zero-order valence-electron chi connectivity index (χ0n) is 10.4. The maximum Gasteiger partial charge on any atom is 0.0525 e. The van der Waals surface area contributed by atoms with Crippen LogP contribution in [-0.4, -0.2) is 24.0 Å². The summed E-state index contributed by atoms with van der Waals surface area (Å²) in [6.07, 6.45) is 0. The van der Waals surface area contributed by atoms with Crippen LogP contribution in [0.5, 0.6) is 0 Å². The van der Waals surface area contributed by atoms with E-state index >= 15 is 0 Å². The number of hydrogen-bond acceptors (Lipinski definition) is 3. The molecule has 2 nitrogen and oxygen atoms in total. The average molecular weight is 274 g/mol. The Kier molecular flexibility index (Phi) is 6.97. The molecule has 96 valence electrons. The van der Waals surface area contributed by atoms with Crippen molar-refractivity contribution in [2.75, 3.05) is 18.9 Å². The predicted molar refractivity (Wildman–Crippen MR) is 75.8 cm³/mol. The molecule has 0 spiro atoms. The smallest absolute Gasteiger partial charge is 0.0525 e. The summed E-state index contributed by atoms with van der Waals surface area (Å²) >= 11 is 7.85. The van der Waals surface area contributed by atoms with Crippen molar-refractivity contribution < 1.29 is 5.11 Å². The van der Waals surface area contributed by atoms with Gasteiger partial charge in [0.2, 0.25) is 0 Å². The second-order valence-corrected chi connectivity index (χ2v) is 5.86. The molecule has 0 aliphatic carbocycles. The molecule has 0 fully saturated rings. The van der Waals surface area contributed by atoms with Gasteiger partial charge in [0.15, 0.2) is 0 Å². The van der Waals surface area contributed by atoms with Crippen LogP contribution >= 0.6 is 23.4 Å². The number of nitrogens with one attached hydrogen (secondary N) is 1. The standard InChI is InChI=1S/C13H20ClNOS/c1-10(2)8-15-9-11-12(14)4-3-5-13(11)17-7-6-16/h3-5,10,15-16H,6-9H2,1-2H3. The molecule has 1 rings (SSSR count). The van der Waals surface area contributed by atoms with Crippen molar-refractivity contribution in [1.29, 1.82) is 0 Å². The lowest BCUT2D eigenvalue weighted by molar-refractivity contribution is 0.322. The first-order valence-electron chi connectivity index (χ1n) is 5.87. The number of aliphatic hydroxyl groups is 1. The summed E-state index contributed by atoms with van der Waals surface area (Å²) in [5, 5.41) is 13.1. The largest absolute Gasteiger partial charge is 0.396 e. The minimum atomic E-state index is 0.191. The summed E-state index contributed by atoms with van der Waals surface area (Å²) in [6.45, 7) is 6.32. The summed E-state index contributed by atoms with van der Waals surface area (Å²) in [7, 11) is 0. The highest BCUT2D eigenvalue weighted by Crippen LogP contribution is 2.28. The second kappa shape index (κ2) is 7.98. The normalized spacial score (nSPS) is 11.1. The van der Waals surface area contributed by atoms with Gasteiger partial charge in [0, 0.05) is 22.2 Å². The van der Waals surface area contributed by atoms with E-state index in [1.165, 1.54) is 0 Å². The summed E-state index contributed by atoms with van der Waals surface area (Å²) in [4.78, 5) is 1.16. The minimum Gasteiger partial charge on any atom is -0.396 e. The van der Waals surface area contributed by atoms with Crippen molar-refractivity contribution in [3.05, 3.63) is 28.8 Å². The van der Waals surface area contributed by atoms with Gasteiger partial charge in [-0.2, -0.15) is 0 Å². The van der Waals surface area contributed by atoms with E-state index in [0.717, 1.165) is 28.6 Å². The van der Waals surface area contributed by atoms with Crippen LogP contribution in [0.4, 0.5) is 0 Å². The van der Waals surface area contributed by atoms with Gasteiger partial charge >= 0.3 is 0 Å². The molecular weight excluding hydrogens is 254 g/mol. The first-order chi connectivity index (χ1) is 8.15. The molecule has 0 saturated carbocycles. The van der Waals surface area contributed by atoms with Gasteiger partial charge < -0.3 is 10.4 Å². The zero-order chi connectivity index (χ0) is 12.7. The molecule has 2 N–H and O–H groups in total. The molecule has 4 heteroatoms. The van der Waals surface area contributed by atoms with Gasteiger partial charge in [0.1, 0.15) is 0 Å². The third-order valence-corrected chi connectivity index (χ3v) is 3.71. The van der Waals surface area contributed by atoms with E-state index in [1.54, 1.807) is 11.8 Å². The molecule has 0 heterocycles. The second-order valence-electron chi connectivity index (χ2n) is 4.31. The van der Waals surface area contributed by atoms with Crippen molar-refractivity contribution >= 4 is 23.4 Å². The number of benzene rings is 1. The number of thioether (sulfide) groups is 1. The van der Waals surface area contributed by atoms with E-state index in [0.29, 0.717) is 11.7 Å². The molecule has 17 heavy (non-hydrogen) atoms. The van der Waals surface area contributed by atoms with Crippen LogP contribution in [0.1, 0.15) is 19.4 Å².